The van der Waals surface area contributed by atoms with Crippen molar-refractivity contribution >= 4 is 22.6 Å². The minimum atomic E-state index is -4.45. The van der Waals surface area contributed by atoms with Gasteiger partial charge in [0.2, 0.25) is 11.8 Å². The molecule has 0 aliphatic carbocycles. The molecule has 1 fully saturated rings. The molecule has 2 aromatic heterocycles. The fourth-order valence-corrected chi connectivity index (χ4v) is 3.24. The van der Waals surface area contributed by atoms with Crippen molar-refractivity contribution in [1.29, 1.82) is 0 Å². The molecular formula is C20H19F3N6O3. The number of fused-ring (bicyclic) bond motifs is 1. The normalized spacial score (nSPS) is 14.5. The maximum Gasteiger partial charge on any atom is 0.422 e. The molecule has 0 unspecified atom stereocenters. The van der Waals surface area contributed by atoms with Crippen molar-refractivity contribution < 1.29 is 27.4 Å². The first-order valence-electron chi connectivity index (χ1n) is 9.76. The van der Waals surface area contributed by atoms with E-state index in [2.05, 4.69) is 24.7 Å². The summed E-state index contributed by atoms with van der Waals surface area (Å²) >= 11 is 0. The summed E-state index contributed by atoms with van der Waals surface area (Å²) < 4.78 is 47.3. The molecule has 1 amide bonds. The highest BCUT2D eigenvalue weighted by Crippen LogP contribution is 2.22. The van der Waals surface area contributed by atoms with Crippen LogP contribution >= 0.6 is 0 Å². The van der Waals surface area contributed by atoms with Gasteiger partial charge in [0, 0.05) is 32.2 Å². The standard InChI is InChI=1S/C20H19F3N6O3/c21-20(22,23)11-32-17-9-16(25-13-26-17)28-5-7-29(8-6-28)18(30)10-31-19-14-3-1-2-4-15(14)24-12-27-19/h1-4,9,12-13H,5-8,10-11H2. The van der Waals surface area contributed by atoms with E-state index in [4.69, 9.17) is 4.74 Å². The molecule has 0 saturated carbocycles. The smallest absolute Gasteiger partial charge is 0.422 e. The number of alkyl halides is 3. The van der Waals surface area contributed by atoms with Crippen LogP contribution in [0.5, 0.6) is 11.8 Å². The quantitative estimate of drug-likeness (QED) is 0.566. The van der Waals surface area contributed by atoms with Gasteiger partial charge < -0.3 is 19.3 Å². The highest BCUT2D eigenvalue weighted by Gasteiger charge is 2.29. The second-order valence-corrected chi connectivity index (χ2v) is 6.97. The van der Waals surface area contributed by atoms with Gasteiger partial charge in [-0.3, -0.25) is 4.79 Å². The SMILES string of the molecule is O=C(COc1ncnc2ccccc12)N1CCN(c2cc(OCC(F)(F)F)ncn2)CC1. The Labute approximate surface area is 180 Å². The molecule has 0 N–H and O–H groups in total. The maximum atomic E-state index is 12.6. The van der Waals surface area contributed by atoms with E-state index >= 15 is 0 Å². The minimum absolute atomic E-state index is 0.156. The van der Waals surface area contributed by atoms with Crippen LogP contribution in [0.25, 0.3) is 10.9 Å². The molecule has 3 heterocycles. The molecule has 1 aromatic carbocycles. The molecule has 0 spiro atoms. The number of hydrogen-bond acceptors (Lipinski definition) is 8. The molecule has 0 atom stereocenters. The van der Waals surface area contributed by atoms with Crippen LogP contribution in [0.2, 0.25) is 0 Å². The van der Waals surface area contributed by atoms with Crippen molar-refractivity contribution in [3.63, 3.8) is 0 Å². The number of nitrogens with zero attached hydrogens (tertiary/aromatic N) is 6. The third-order valence-electron chi connectivity index (χ3n) is 4.81. The molecule has 0 radical (unpaired) electrons. The van der Waals surface area contributed by atoms with Gasteiger partial charge in [-0.15, -0.1) is 0 Å². The fraction of sp³-hybridized carbons (Fsp3) is 0.350. The number of piperazine rings is 1. The van der Waals surface area contributed by atoms with Crippen LogP contribution in [0.3, 0.4) is 0 Å². The average Bonchev–Trinajstić information content (AvgIpc) is 2.81. The topological polar surface area (TPSA) is 93.6 Å². The Bertz CT molecular complexity index is 1080. The number of para-hydroxylation sites is 1. The zero-order chi connectivity index (χ0) is 22.6. The lowest BCUT2D eigenvalue weighted by Crippen LogP contribution is -2.50. The average molecular weight is 448 g/mol. The molecule has 3 aromatic rings. The van der Waals surface area contributed by atoms with E-state index in [9.17, 15) is 18.0 Å². The third-order valence-corrected chi connectivity index (χ3v) is 4.81. The predicted molar refractivity (Wildman–Crippen MR) is 107 cm³/mol. The van der Waals surface area contributed by atoms with E-state index in [0.717, 1.165) is 17.2 Å². The van der Waals surface area contributed by atoms with Crippen LogP contribution in [0, 0.1) is 0 Å². The number of carbonyl (C=O) groups excluding carboxylic acids is 1. The molecule has 1 saturated heterocycles. The largest absolute Gasteiger partial charge is 0.468 e. The highest BCUT2D eigenvalue weighted by molar-refractivity contribution is 5.84. The number of rotatable bonds is 6. The number of benzene rings is 1. The van der Waals surface area contributed by atoms with Gasteiger partial charge in [-0.05, 0) is 12.1 Å². The summed E-state index contributed by atoms with van der Waals surface area (Å²) in [7, 11) is 0. The zero-order valence-electron chi connectivity index (χ0n) is 16.8. The van der Waals surface area contributed by atoms with Gasteiger partial charge in [-0.25, -0.2) is 19.9 Å². The van der Waals surface area contributed by atoms with E-state index in [-0.39, 0.29) is 18.4 Å². The van der Waals surface area contributed by atoms with E-state index in [1.165, 1.54) is 12.4 Å². The number of hydrogen-bond donors (Lipinski definition) is 0. The van der Waals surface area contributed by atoms with Crippen LogP contribution < -0.4 is 14.4 Å². The second kappa shape index (κ2) is 9.20. The van der Waals surface area contributed by atoms with Gasteiger partial charge in [-0.2, -0.15) is 13.2 Å². The van der Waals surface area contributed by atoms with Gasteiger partial charge in [0.25, 0.3) is 5.91 Å². The van der Waals surface area contributed by atoms with E-state index in [1.54, 1.807) is 4.90 Å². The van der Waals surface area contributed by atoms with Crippen LogP contribution in [-0.2, 0) is 4.79 Å². The van der Waals surface area contributed by atoms with Gasteiger partial charge in [0.15, 0.2) is 13.2 Å². The molecule has 0 bridgehead atoms. The zero-order valence-corrected chi connectivity index (χ0v) is 16.8. The van der Waals surface area contributed by atoms with Gasteiger partial charge >= 0.3 is 6.18 Å². The lowest BCUT2D eigenvalue weighted by molar-refractivity contribution is -0.154. The lowest BCUT2D eigenvalue weighted by atomic mass is 10.2. The molecular weight excluding hydrogens is 429 g/mol. The third kappa shape index (κ3) is 5.31. The second-order valence-electron chi connectivity index (χ2n) is 6.97. The molecule has 32 heavy (non-hydrogen) atoms. The Morgan fingerprint density at radius 1 is 0.969 bits per heavy atom. The first kappa shape index (κ1) is 21.5. The van der Waals surface area contributed by atoms with Gasteiger partial charge in [0.05, 0.1) is 10.9 Å². The molecule has 9 nitrogen and oxygen atoms in total. The van der Waals surface area contributed by atoms with Gasteiger partial charge in [-0.1, -0.05) is 12.1 Å². The maximum absolute atomic E-state index is 12.6. The van der Waals surface area contributed by atoms with Crippen LogP contribution in [0.1, 0.15) is 0 Å². The number of anilines is 1. The van der Waals surface area contributed by atoms with Crippen molar-refractivity contribution in [3.8, 4) is 11.8 Å². The van der Waals surface area contributed by atoms with E-state index in [1.807, 2.05) is 29.2 Å². The molecule has 168 valence electrons. The monoisotopic (exact) mass is 448 g/mol. The van der Waals surface area contributed by atoms with Crippen molar-refractivity contribution in [2.24, 2.45) is 0 Å². The molecule has 12 heteroatoms. The summed E-state index contributed by atoms with van der Waals surface area (Å²) in [6.07, 6.45) is -1.91. The summed E-state index contributed by atoms with van der Waals surface area (Å²) in [5, 5.41) is 0.722. The number of carbonyl (C=O) groups is 1. The Morgan fingerprint density at radius 2 is 1.72 bits per heavy atom. The summed E-state index contributed by atoms with van der Waals surface area (Å²) in [4.78, 5) is 32.1. The summed E-state index contributed by atoms with van der Waals surface area (Å²) in [6, 6.07) is 8.70. The minimum Gasteiger partial charge on any atom is -0.468 e. The number of amides is 1. The lowest BCUT2D eigenvalue weighted by Gasteiger charge is -2.35. The summed E-state index contributed by atoms with van der Waals surface area (Å²) in [5.41, 5.74) is 0.724. The summed E-state index contributed by atoms with van der Waals surface area (Å²) in [5.74, 6) is 0.434. The van der Waals surface area contributed by atoms with Crippen LogP contribution in [0.4, 0.5) is 19.0 Å². The van der Waals surface area contributed by atoms with Crippen molar-refractivity contribution in [2.75, 3.05) is 44.3 Å². The van der Waals surface area contributed by atoms with Gasteiger partial charge in [0.1, 0.15) is 18.5 Å². The van der Waals surface area contributed by atoms with Crippen LogP contribution in [0.15, 0.2) is 43.0 Å². The Morgan fingerprint density at radius 3 is 2.50 bits per heavy atom. The molecule has 1 aliphatic heterocycles. The Balaban J connectivity index is 1.30. The number of halogens is 3. The van der Waals surface area contributed by atoms with Crippen LogP contribution in [-0.4, -0.2) is 76.3 Å². The van der Waals surface area contributed by atoms with Crippen molar-refractivity contribution in [1.82, 2.24) is 24.8 Å². The molecule has 1 aliphatic rings. The Hall–Kier alpha value is -3.70. The predicted octanol–water partition coefficient (Wildman–Crippen LogP) is 2.09. The fourth-order valence-electron chi connectivity index (χ4n) is 3.24. The summed E-state index contributed by atoms with van der Waals surface area (Å²) in [6.45, 7) is 0.151. The Kier molecular flexibility index (Phi) is 6.19. The first-order chi connectivity index (χ1) is 15.4. The van der Waals surface area contributed by atoms with E-state index in [0.29, 0.717) is 37.9 Å². The van der Waals surface area contributed by atoms with E-state index < -0.39 is 12.8 Å². The number of ether oxygens (including phenoxy) is 2. The van der Waals surface area contributed by atoms with Crippen molar-refractivity contribution in [3.05, 3.63) is 43.0 Å². The highest BCUT2D eigenvalue weighted by atomic mass is 19.4. The number of aromatic nitrogens is 4. The molecule has 4 rings (SSSR count). The van der Waals surface area contributed by atoms with Crippen molar-refractivity contribution in [2.45, 2.75) is 6.18 Å². The first-order valence-corrected chi connectivity index (χ1v) is 9.76.